The van der Waals surface area contributed by atoms with Crippen LogP contribution in [0.1, 0.15) is 41.5 Å². The molecule has 8 nitrogen and oxygen atoms in total. The van der Waals surface area contributed by atoms with E-state index < -0.39 is 11.9 Å². The van der Waals surface area contributed by atoms with Crippen molar-refractivity contribution in [1.29, 1.82) is 0 Å². The Morgan fingerprint density at radius 3 is 2.56 bits per heavy atom. The number of nitrogens with zero attached hydrogens (tertiary/aromatic N) is 4. The lowest BCUT2D eigenvalue weighted by Gasteiger charge is -2.16. The van der Waals surface area contributed by atoms with Gasteiger partial charge in [-0.15, -0.1) is 0 Å². The van der Waals surface area contributed by atoms with Gasteiger partial charge in [0.05, 0.1) is 17.6 Å². The van der Waals surface area contributed by atoms with Gasteiger partial charge in [0.25, 0.3) is 11.5 Å². The zero-order chi connectivity index (χ0) is 24.4. The van der Waals surface area contributed by atoms with Gasteiger partial charge in [0.15, 0.2) is 5.49 Å². The van der Waals surface area contributed by atoms with Crippen LogP contribution in [0.15, 0.2) is 69.0 Å². The number of hydrogen-bond acceptors (Lipinski definition) is 5. The van der Waals surface area contributed by atoms with E-state index in [1.54, 1.807) is 60.2 Å². The van der Waals surface area contributed by atoms with Gasteiger partial charge in [-0.1, -0.05) is 32.0 Å². The molecule has 0 aliphatic rings. The summed E-state index contributed by atoms with van der Waals surface area (Å²) >= 11 is 3.38. The molecule has 34 heavy (non-hydrogen) atoms. The predicted octanol–water partition coefficient (Wildman–Crippen LogP) is 3.99. The van der Waals surface area contributed by atoms with Crippen molar-refractivity contribution in [2.75, 3.05) is 6.61 Å². The van der Waals surface area contributed by atoms with Crippen molar-refractivity contribution in [2.45, 2.75) is 27.3 Å². The highest BCUT2D eigenvalue weighted by molar-refractivity contribution is 9.10. The van der Waals surface area contributed by atoms with E-state index in [1.807, 2.05) is 13.8 Å². The zero-order valence-corrected chi connectivity index (χ0v) is 20.6. The Balaban J connectivity index is 2.15. The summed E-state index contributed by atoms with van der Waals surface area (Å²) in [7, 11) is 0. The second-order valence-corrected chi connectivity index (χ2v) is 8.94. The highest BCUT2D eigenvalue weighted by Crippen LogP contribution is 2.17. The van der Waals surface area contributed by atoms with E-state index in [9.17, 15) is 14.4 Å². The average molecular weight is 523 g/mol. The molecule has 0 fully saturated rings. The standard InChI is InChI=1S/C25H23BrN4O4/c1-4-34-25(33)18-13-17-21(27-20-11-7-8-12-29(20)24(17)32)30(14-15(2)3)22(18)28-23(31)16-9-5-6-10-19(16)26/h5-13,15H,4,14H2,1-3H3. The van der Waals surface area contributed by atoms with E-state index >= 15 is 0 Å². The lowest BCUT2D eigenvalue weighted by atomic mass is 10.1. The number of amides is 1. The van der Waals surface area contributed by atoms with E-state index in [1.165, 1.54) is 10.5 Å². The van der Waals surface area contributed by atoms with Crippen molar-refractivity contribution >= 4 is 44.5 Å². The van der Waals surface area contributed by atoms with Gasteiger partial charge in [-0.3, -0.25) is 14.0 Å². The van der Waals surface area contributed by atoms with Gasteiger partial charge >= 0.3 is 5.97 Å². The van der Waals surface area contributed by atoms with Crippen molar-refractivity contribution in [3.05, 3.63) is 86.2 Å². The van der Waals surface area contributed by atoms with Crippen LogP contribution in [0.25, 0.3) is 16.7 Å². The summed E-state index contributed by atoms with van der Waals surface area (Å²) < 4.78 is 8.92. The zero-order valence-electron chi connectivity index (χ0n) is 19.0. The maximum Gasteiger partial charge on any atom is 0.341 e. The van der Waals surface area contributed by atoms with E-state index in [4.69, 9.17) is 4.74 Å². The second kappa shape index (κ2) is 9.72. The van der Waals surface area contributed by atoms with Crippen LogP contribution in [0.5, 0.6) is 0 Å². The van der Waals surface area contributed by atoms with Crippen LogP contribution < -0.4 is 11.0 Å². The summed E-state index contributed by atoms with van der Waals surface area (Å²) in [6.45, 7) is 6.18. The van der Waals surface area contributed by atoms with Crippen LogP contribution in [0.2, 0.25) is 0 Å². The number of carbonyl (C=O) groups is 2. The molecule has 1 aromatic carbocycles. The molecule has 174 valence electrons. The SMILES string of the molecule is CCOC(=O)c1cc2c(=O)n3ccccc3nc2n(CC(C)C)c1=NC(=O)c1ccccc1Br. The maximum absolute atomic E-state index is 13.3. The molecule has 0 aliphatic carbocycles. The Bertz CT molecular complexity index is 1550. The lowest BCUT2D eigenvalue weighted by Crippen LogP contribution is -2.33. The molecule has 0 spiro atoms. The van der Waals surface area contributed by atoms with Crippen molar-refractivity contribution in [1.82, 2.24) is 14.0 Å². The number of esters is 1. The molecule has 1 amide bonds. The molecule has 3 aromatic heterocycles. The molecule has 0 saturated heterocycles. The van der Waals surface area contributed by atoms with Gasteiger partial charge in [-0.05, 0) is 59.1 Å². The molecule has 4 rings (SSSR count). The molecule has 0 atom stereocenters. The third-order valence-corrected chi connectivity index (χ3v) is 5.84. The normalized spacial score (nSPS) is 12.0. The highest BCUT2D eigenvalue weighted by Gasteiger charge is 2.21. The molecule has 4 aromatic rings. The van der Waals surface area contributed by atoms with E-state index in [0.717, 1.165) is 0 Å². The van der Waals surface area contributed by atoms with Gasteiger partial charge in [0, 0.05) is 17.2 Å². The highest BCUT2D eigenvalue weighted by atomic mass is 79.9. The molecule has 0 unspecified atom stereocenters. The molecule has 9 heteroatoms. The molecule has 0 N–H and O–H groups in total. The fraction of sp³-hybridized carbons (Fsp3) is 0.240. The summed E-state index contributed by atoms with van der Waals surface area (Å²) in [4.78, 5) is 48.5. The molecule has 0 radical (unpaired) electrons. The third-order valence-electron chi connectivity index (χ3n) is 5.14. The molecular weight excluding hydrogens is 500 g/mol. The van der Waals surface area contributed by atoms with Gasteiger partial charge in [0.1, 0.15) is 16.9 Å². The Morgan fingerprint density at radius 1 is 1.12 bits per heavy atom. The summed E-state index contributed by atoms with van der Waals surface area (Å²) in [6.07, 6.45) is 1.62. The van der Waals surface area contributed by atoms with Crippen LogP contribution in [-0.4, -0.2) is 32.4 Å². The Kier molecular flexibility index (Phi) is 6.74. The van der Waals surface area contributed by atoms with Crippen LogP contribution >= 0.6 is 15.9 Å². The van der Waals surface area contributed by atoms with Crippen molar-refractivity contribution < 1.29 is 14.3 Å². The first-order valence-electron chi connectivity index (χ1n) is 10.9. The predicted molar refractivity (Wildman–Crippen MR) is 132 cm³/mol. The number of pyridine rings is 2. The van der Waals surface area contributed by atoms with Crippen LogP contribution in [0.3, 0.4) is 0 Å². The number of hydrogen-bond donors (Lipinski definition) is 0. The molecule has 0 bridgehead atoms. The van der Waals surface area contributed by atoms with Gasteiger partial charge < -0.3 is 9.30 Å². The van der Waals surface area contributed by atoms with Gasteiger partial charge in [0.2, 0.25) is 0 Å². The van der Waals surface area contributed by atoms with Gasteiger partial charge in [-0.25, -0.2) is 9.78 Å². The van der Waals surface area contributed by atoms with Crippen LogP contribution in [0.4, 0.5) is 0 Å². The summed E-state index contributed by atoms with van der Waals surface area (Å²) in [5, 5.41) is 0.236. The van der Waals surface area contributed by atoms with Crippen molar-refractivity contribution in [3.8, 4) is 0 Å². The number of benzene rings is 1. The number of carbonyl (C=O) groups excluding carboxylic acids is 2. The topological polar surface area (TPSA) is 95.0 Å². The Hall–Kier alpha value is -3.59. The minimum Gasteiger partial charge on any atom is -0.462 e. The van der Waals surface area contributed by atoms with Gasteiger partial charge in [-0.2, -0.15) is 4.99 Å². The average Bonchev–Trinajstić information content (AvgIpc) is 2.81. The first kappa shape index (κ1) is 23.6. The molecular formula is C25H23BrN4O4. The van der Waals surface area contributed by atoms with E-state index in [-0.39, 0.29) is 34.5 Å². The number of rotatable bonds is 5. The first-order chi connectivity index (χ1) is 16.3. The monoisotopic (exact) mass is 522 g/mol. The number of halogens is 1. The summed E-state index contributed by atoms with van der Waals surface area (Å²) in [6, 6.07) is 13.6. The van der Waals surface area contributed by atoms with Crippen LogP contribution in [-0.2, 0) is 11.3 Å². The quantitative estimate of drug-likeness (QED) is 0.291. The Labute approximate surface area is 203 Å². The van der Waals surface area contributed by atoms with Crippen molar-refractivity contribution in [2.24, 2.45) is 10.9 Å². The smallest absolute Gasteiger partial charge is 0.341 e. The molecule has 0 saturated carbocycles. The second-order valence-electron chi connectivity index (χ2n) is 8.09. The third kappa shape index (κ3) is 4.43. The fourth-order valence-electron chi connectivity index (χ4n) is 3.69. The summed E-state index contributed by atoms with van der Waals surface area (Å²) in [5.74, 6) is -1.10. The minimum absolute atomic E-state index is 0.0326. The number of aromatic nitrogens is 3. The van der Waals surface area contributed by atoms with Crippen molar-refractivity contribution in [3.63, 3.8) is 0 Å². The number of fused-ring (bicyclic) bond motifs is 2. The minimum atomic E-state index is -0.668. The Morgan fingerprint density at radius 2 is 1.85 bits per heavy atom. The maximum atomic E-state index is 13.3. The van der Waals surface area contributed by atoms with E-state index in [2.05, 4.69) is 25.9 Å². The number of ether oxygens (including phenoxy) is 1. The molecule has 0 aliphatic heterocycles. The van der Waals surface area contributed by atoms with Crippen LogP contribution in [0, 0.1) is 5.92 Å². The summed E-state index contributed by atoms with van der Waals surface area (Å²) in [5.41, 5.74) is 0.950. The fourth-order valence-corrected chi connectivity index (χ4v) is 4.14. The largest absolute Gasteiger partial charge is 0.462 e. The van der Waals surface area contributed by atoms with E-state index in [0.29, 0.717) is 27.9 Å². The molecule has 3 heterocycles. The lowest BCUT2D eigenvalue weighted by molar-refractivity contribution is 0.0523. The first-order valence-corrected chi connectivity index (χ1v) is 11.7.